The van der Waals surface area contributed by atoms with E-state index < -0.39 is 5.60 Å². The van der Waals surface area contributed by atoms with Gasteiger partial charge >= 0.3 is 11.9 Å². The molecule has 220 valence electrons. The SMILES string of the molecule is CCC(O)(CC)CCCS[C@@H](C)[C@H]1CC[C@H]2C3=CC=C4C[C@@H](OC(C)=O)C[C@H](OC(C)=O)[C@]4(C)[C@H]3CC[C@]12C. The van der Waals surface area contributed by atoms with Gasteiger partial charge in [0.15, 0.2) is 0 Å². The minimum atomic E-state index is -0.496. The van der Waals surface area contributed by atoms with E-state index in [1.54, 1.807) is 5.57 Å². The third-order valence-corrected chi connectivity index (χ3v) is 12.7. The maximum absolute atomic E-state index is 12.2. The van der Waals surface area contributed by atoms with Gasteiger partial charge in [0.1, 0.15) is 12.2 Å². The molecule has 0 unspecified atom stereocenters. The molecule has 0 aromatic carbocycles. The molecule has 6 heteroatoms. The molecule has 4 aliphatic rings. The van der Waals surface area contributed by atoms with E-state index in [4.69, 9.17) is 9.47 Å². The van der Waals surface area contributed by atoms with Crippen LogP contribution in [0.4, 0.5) is 0 Å². The molecule has 4 rings (SSSR count). The molecule has 0 aromatic heterocycles. The highest BCUT2D eigenvalue weighted by Crippen LogP contribution is 2.66. The number of fused-ring (bicyclic) bond motifs is 5. The fourth-order valence-electron chi connectivity index (χ4n) is 8.90. The normalized spacial score (nSPS) is 36.6. The first kappa shape index (κ1) is 30.7. The number of aliphatic hydroxyl groups is 1. The fourth-order valence-corrected chi connectivity index (χ4v) is 10.3. The van der Waals surface area contributed by atoms with Crippen LogP contribution in [0.1, 0.15) is 113 Å². The van der Waals surface area contributed by atoms with Gasteiger partial charge in [0.05, 0.1) is 5.60 Å². The van der Waals surface area contributed by atoms with Gasteiger partial charge in [-0.1, -0.05) is 57.9 Å². The van der Waals surface area contributed by atoms with E-state index in [-0.39, 0.29) is 35.0 Å². The van der Waals surface area contributed by atoms with Crippen molar-refractivity contribution in [2.45, 2.75) is 136 Å². The molecule has 0 aliphatic heterocycles. The van der Waals surface area contributed by atoms with Crippen molar-refractivity contribution in [2.75, 3.05) is 5.75 Å². The summed E-state index contributed by atoms with van der Waals surface area (Å²) < 4.78 is 11.6. The van der Waals surface area contributed by atoms with Crippen LogP contribution in [0.5, 0.6) is 0 Å². The average Bonchev–Trinajstić information content (AvgIpc) is 3.24. The van der Waals surface area contributed by atoms with Crippen molar-refractivity contribution in [3.63, 3.8) is 0 Å². The van der Waals surface area contributed by atoms with Crippen molar-refractivity contribution in [1.82, 2.24) is 0 Å². The predicted molar refractivity (Wildman–Crippen MR) is 158 cm³/mol. The third kappa shape index (κ3) is 5.89. The molecule has 0 heterocycles. The Kier molecular flexibility index (Phi) is 9.38. The molecular weight excluding hydrogens is 508 g/mol. The Morgan fingerprint density at radius 3 is 2.41 bits per heavy atom. The summed E-state index contributed by atoms with van der Waals surface area (Å²) in [5, 5.41) is 11.3. The van der Waals surface area contributed by atoms with Gasteiger partial charge in [0.2, 0.25) is 0 Å². The van der Waals surface area contributed by atoms with Crippen molar-refractivity contribution in [1.29, 1.82) is 0 Å². The van der Waals surface area contributed by atoms with Crippen molar-refractivity contribution in [3.8, 4) is 0 Å². The highest BCUT2D eigenvalue weighted by atomic mass is 32.2. The molecule has 39 heavy (non-hydrogen) atoms. The summed E-state index contributed by atoms with van der Waals surface area (Å²) in [5.41, 5.74) is 2.37. The highest BCUT2D eigenvalue weighted by molar-refractivity contribution is 7.99. The number of hydrogen-bond acceptors (Lipinski definition) is 6. The summed E-state index contributed by atoms with van der Waals surface area (Å²) in [7, 11) is 0. The number of thioether (sulfide) groups is 1. The number of carbonyl (C=O) groups excluding carboxylic acids is 2. The number of carbonyl (C=O) groups is 2. The second kappa shape index (κ2) is 11.9. The molecule has 0 bridgehead atoms. The minimum absolute atomic E-state index is 0.241. The molecule has 0 saturated heterocycles. The number of ether oxygens (including phenoxy) is 2. The van der Waals surface area contributed by atoms with E-state index in [1.807, 2.05) is 0 Å². The number of esters is 2. The molecule has 0 spiro atoms. The van der Waals surface area contributed by atoms with Crippen LogP contribution in [0.25, 0.3) is 0 Å². The smallest absolute Gasteiger partial charge is 0.302 e. The summed E-state index contributed by atoms with van der Waals surface area (Å²) in [5.74, 6) is 2.19. The van der Waals surface area contributed by atoms with Crippen LogP contribution < -0.4 is 0 Å². The minimum Gasteiger partial charge on any atom is -0.462 e. The summed E-state index contributed by atoms with van der Waals surface area (Å²) in [6.45, 7) is 14.4. The fraction of sp³-hybridized carbons (Fsp3) is 0.818. The van der Waals surface area contributed by atoms with E-state index >= 15 is 0 Å². The molecule has 0 aromatic rings. The molecule has 8 atom stereocenters. The van der Waals surface area contributed by atoms with Gasteiger partial charge in [-0.15, -0.1) is 0 Å². The molecule has 3 fully saturated rings. The lowest BCUT2D eigenvalue weighted by Gasteiger charge is -2.57. The van der Waals surface area contributed by atoms with Crippen LogP contribution in [0.3, 0.4) is 0 Å². The average molecular weight is 561 g/mol. The Hall–Kier alpha value is -1.27. The van der Waals surface area contributed by atoms with Crippen LogP contribution >= 0.6 is 11.8 Å². The van der Waals surface area contributed by atoms with Crippen molar-refractivity contribution >= 4 is 23.7 Å². The van der Waals surface area contributed by atoms with Crippen LogP contribution in [0, 0.1) is 28.6 Å². The first-order valence-corrected chi connectivity index (χ1v) is 16.5. The summed E-state index contributed by atoms with van der Waals surface area (Å²) >= 11 is 2.11. The van der Waals surface area contributed by atoms with Crippen molar-refractivity contribution < 1.29 is 24.2 Å². The lowest BCUT2D eigenvalue weighted by molar-refractivity contribution is -0.165. The molecule has 5 nitrogen and oxygen atoms in total. The Morgan fingerprint density at radius 1 is 1.08 bits per heavy atom. The Morgan fingerprint density at radius 2 is 1.77 bits per heavy atom. The zero-order valence-corrected chi connectivity index (χ0v) is 26.2. The van der Waals surface area contributed by atoms with Crippen molar-refractivity contribution in [3.05, 3.63) is 23.3 Å². The predicted octanol–water partition coefficient (Wildman–Crippen LogP) is 7.41. The number of hydrogen-bond donors (Lipinski definition) is 1. The van der Waals surface area contributed by atoms with E-state index in [9.17, 15) is 14.7 Å². The Balaban J connectivity index is 1.50. The molecule has 0 amide bonds. The molecule has 1 N–H and O–H groups in total. The van der Waals surface area contributed by atoms with Crippen LogP contribution in [-0.4, -0.2) is 45.9 Å². The van der Waals surface area contributed by atoms with E-state index in [0.29, 0.717) is 29.4 Å². The van der Waals surface area contributed by atoms with Gasteiger partial charge in [-0.25, -0.2) is 0 Å². The van der Waals surface area contributed by atoms with Gasteiger partial charge in [-0.05, 0) is 80.3 Å². The second-order valence-electron chi connectivity index (χ2n) is 13.4. The lowest BCUT2D eigenvalue weighted by Crippen LogP contribution is -2.54. The van der Waals surface area contributed by atoms with Gasteiger partial charge in [0, 0.05) is 37.4 Å². The number of rotatable bonds is 10. The molecule has 0 radical (unpaired) electrons. The highest BCUT2D eigenvalue weighted by Gasteiger charge is 2.60. The Labute approximate surface area is 240 Å². The molecular formula is C33H52O5S. The first-order valence-electron chi connectivity index (χ1n) is 15.5. The standard InChI is InChI=1S/C33H52O5S/c1-8-33(36,9-2)16-10-18-39-21(3)27-13-14-28-26-12-11-24-19-25(37-22(4)34)20-30(38-23(5)35)32(24,7)29(26)15-17-31(27,28)6/h11-12,21,25,27-30,36H,8-10,13-20H2,1-7H3/t21-,25+,27+,28-,29-,30-,31+,32-/m0/s1. The van der Waals surface area contributed by atoms with Gasteiger partial charge in [-0.2, -0.15) is 11.8 Å². The summed E-state index contributed by atoms with van der Waals surface area (Å²) in [6.07, 6.45) is 13.9. The van der Waals surface area contributed by atoms with Gasteiger partial charge in [0.25, 0.3) is 0 Å². The van der Waals surface area contributed by atoms with E-state index in [1.165, 1.54) is 38.7 Å². The summed E-state index contributed by atoms with van der Waals surface area (Å²) in [6, 6.07) is 0. The molecule has 3 saturated carbocycles. The third-order valence-electron chi connectivity index (χ3n) is 11.4. The zero-order chi connectivity index (χ0) is 28.6. The summed E-state index contributed by atoms with van der Waals surface area (Å²) in [4.78, 5) is 23.9. The van der Waals surface area contributed by atoms with E-state index in [2.05, 4.69) is 58.5 Å². The second-order valence-corrected chi connectivity index (χ2v) is 14.8. The monoisotopic (exact) mass is 560 g/mol. The van der Waals surface area contributed by atoms with Gasteiger partial charge < -0.3 is 14.6 Å². The zero-order valence-electron chi connectivity index (χ0n) is 25.4. The van der Waals surface area contributed by atoms with Crippen molar-refractivity contribution in [2.24, 2.45) is 28.6 Å². The Bertz CT molecular complexity index is 983. The maximum atomic E-state index is 12.2. The van der Waals surface area contributed by atoms with Crippen LogP contribution in [0.2, 0.25) is 0 Å². The molecule has 4 aliphatic carbocycles. The first-order chi connectivity index (χ1) is 18.4. The lowest BCUT2D eigenvalue weighted by atomic mass is 9.49. The number of allylic oxidation sites excluding steroid dienone is 3. The van der Waals surface area contributed by atoms with Crippen LogP contribution in [0.15, 0.2) is 23.3 Å². The van der Waals surface area contributed by atoms with Gasteiger partial charge in [-0.3, -0.25) is 9.59 Å². The largest absolute Gasteiger partial charge is 0.462 e. The maximum Gasteiger partial charge on any atom is 0.302 e. The van der Waals surface area contributed by atoms with Crippen LogP contribution in [-0.2, 0) is 19.1 Å². The quantitative estimate of drug-likeness (QED) is 0.222. The topological polar surface area (TPSA) is 72.8 Å². The van der Waals surface area contributed by atoms with E-state index in [0.717, 1.165) is 44.3 Å².